The van der Waals surface area contributed by atoms with E-state index in [1.165, 1.54) is 16.8 Å². The van der Waals surface area contributed by atoms with Crippen molar-refractivity contribution >= 4 is 5.97 Å². The number of aromatic carboxylic acids is 1. The molecule has 2 rings (SSSR count). The minimum absolute atomic E-state index is 0.00356. The van der Waals surface area contributed by atoms with Crippen LogP contribution in [0.15, 0.2) is 35.4 Å². The molecule has 0 fully saturated rings. The van der Waals surface area contributed by atoms with Crippen LogP contribution in [-0.2, 0) is 0 Å². The van der Waals surface area contributed by atoms with E-state index in [9.17, 15) is 14.7 Å². The molecule has 0 aliphatic rings. The molecule has 0 aliphatic carbocycles. The van der Waals surface area contributed by atoms with Crippen LogP contribution in [0.1, 0.15) is 35.8 Å². The van der Waals surface area contributed by atoms with E-state index in [4.69, 9.17) is 4.74 Å². The highest BCUT2D eigenvalue weighted by atomic mass is 16.5. The van der Waals surface area contributed by atoms with Gasteiger partial charge in [-0.25, -0.2) is 9.78 Å². The first kappa shape index (κ1) is 14.8. The molecular weight excluding hydrogens is 272 g/mol. The Morgan fingerprint density at radius 1 is 1.38 bits per heavy atom. The zero-order valence-corrected chi connectivity index (χ0v) is 12.0. The van der Waals surface area contributed by atoms with Crippen LogP contribution in [0.4, 0.5) is 0 Å². The molecule has 0 amide bonds. The number of rotatable bonds is 4. The number of para-hydroxylation sites is 1. The van der Waals surface area contributed by atoms with Gasteiger partial charge in [0.25, 0.3) is 5.88 Å². The second-order valence-corrected chi connectivity index (χ2v) is 4.90. The molecule has 6 heteroatoms. The molecule has 0 saturated heterocycles. The Balaban J connectivity index is 2.51. The zero-order valence-electron chi connectivity index (χ0n) is 12.0. The molecular formula is C15H16N2O4. The molecule has 21 heavy (non-hydrogen) atoms. The summed E-state index contributed by atoms with van der Waals surface area (Å²) in [6, 6.07) is 4.72. The molecule has 1 heterocycles. The second kappa shape index (κ2) is 5.78. The lowest BCUT2D eigenvalue weighted by Gasteiger charge is -2.13. The van der Waals surface area contributed by atoms with Crippen LogP contribution in [0.2, 0.25) is 0 Å². The molecule has 0 bridgehead atoms. The van der Waals surface area contributed by atoms with Gasteiger partial charge >= 0.3 is 11.5 Å². The van der Waals surface area contributed by atoms with Crippen molar-refractivity contribution in [3.63, 3.8) is 0 Å². The average molecular weight is 288 g/mol. The molecule has 1 aromatic heterocycles. The largest absolute Gasteiger partial charge is 0.478 e. The number of carboxylic acids is 1. The number of carboxylic acid groups (broad SMARTS) is 1. The quantitative estimate of drug-likeness (QED) is 0.935. The Hall–Kier alpha value is -2.63. The Bertz CT molecular complexity index is 735. The number of nitrogens with zero attached hydrogens (tertiary/aromatic N) is 2. The maximum Gasteiger partial charge on any atom is 0.339 e. The molecule has 6 nitrogen and oxygen atoms in total. The van der Waals surface area contributed by atoms with Crippen LogP contribution >= 0.6 is 0 Å². The predicted molar refractivity (Wildman–Crippen MR) is 77.1 cm³/mol. The number of hydrogen-bond acceptors (Lipinski definition) is 4. The standard InChI is InChI=1S/C15H16N2O4/c1-9(2)17-8-7-16-13(14(17)18)21-12-10(3)5-4-6-11(12)15(19)20/h4-9H,1-3H3,(H,19,20). The highest BCUT2D eigenvalue weighted by molar-refractivity contribution is 5.91. The number of carbonyl (C=O) groups is 1. The highest BCUT2D eigenvalue weighted by Gasteiger charge is 2.17. The van der Waals surface area contributed by atoms with E-state index in [0.29, 0.717) is 5.56 Å². The van der Waals surface area contributed by atoms with Crippen LogP contribution in [-0.4, -0.2) is 20.6 Å². The van der Waals surface area contributed by atoms with E-state index >= 15 is 0 Å². The van der Waals surface area contributed by atoms with Crippen molar-refractivity contribution in [3.05, 3.63) is 52.1 Å². The molecule has 1 aromatic carbocycles. The van der Waals surface area contributed by atoms with Crippen LogP contribution in [0.25, 0.3) is 0 Å². The molecule has 1 N–H and O–H groups in total. The Labute approximate surface area is 121 Å². The minimum Gasteiger partial charge on any atom is -0.478 e. The normalized spacial score (nSPS) is 10.7. The Kier molecular flexibility index (Phi) is 4.07. The smallest absolute Gasteiger partial charge is 0.339 e. The fourth-order valence-electron chi connectivity index (χ4n) is 1.94. The topological polar surface area (TPSA) is 81.4 Å². The van der Waals surface area contributed by atoms with Gasteiger partial charge in [-0.2, -0.15) is 0 Å². The van der Waals surface area contributed by atoms with E-state index in [2.05, 4.69) is 4.98 Å². The van der Waals surface area contributed by atoms with Gasteiger partial charge in [0.15, 0.2) is 0 Å². The van der Waals surface area contributed by atoms with Crippen LogP contribution < -0.4 is 10.3 Å². The predicted octanol–water partition coefficient (Wildman–Crippen LogP) is 2.62. The third-order valence-corrected chi connectivity index (χ3v) is 3.03. The summed E-state index contributed by atoms with van der Waals surface area (Å²) < 4.78 is 6.97. The molecule has 0 atom stereocenters. The Morgan fingerprint density at radius 2 is 2.10 bits per heavy atom. The van der Waals surface area contributed by atoms with Gasteiger partial charge in [-0.3, -0.25) is 4.79 Å². The first-order chi connectivity index (χ1) is 9.91. The molecule has 2 aromatic rings. The molecule has 0 aliphatic heterocycles. The van der Waals surface area contributed by atoms with E-state index in [1.54, 1.807) is 25.3 Å². The third kappa shape index (κ3) is 2.94. The fourth-order valence-corrected chi connectivity index (χ4v) is 1.94. The third-order valence-electron chi connectivity index (χ3n) is 3.03. The number of aromatic nitrogens is 2. The SMILES string of the molecule is Cc1cccc(C(=O)O)c1Oc1nccn(C(C)C)c1=O. The van der Waals surface area contributed by atoms with E-state index in [-0.39, 0.29) is 23.2 Å². The fraction of sp³-hybridized carbons (Fsp3) is 0.267. The summed E-state index contributed by atoms with van der Waals surface area (Å²) in [5.41, 5.74) is 0.222. The van der Waals surface area contributed by atoms with Crippen molar-refractivity contribution in [2.45, 2.75) is 26.8 Å². The molecule has 0 spiro atoms. The molecule has 0 radical (unpaired) electrons. The number of ether oxygens (including phenoxy) is 1. The number of hydrogen-bond donors (Lipinski definition) is 1. The minimum atomic E-state index is -1.12. The van der Waals surface area contributed by atoms with E-state index < -0.39 is 11.5 Å². The van der Waals surface area contributed by atoms with Crippen molar-refractivity contribution in [2.75, 3.05) is 0 Å². The van der Waals surface area contributed by atoms with Crippen molar-refractivity contribution < 1.29 is 14.6 Å². The van der Waals surface area contributed by atoms with E-state index in [0.717, 1.165) is 0 Å². The number of benzene rings is 1. The lowest BCUT2D eigenvalue weighted by atomic mass is 10.1. The van der Waals surface area contributed by atoms with Crippen LogP contribution in [0.5, 0.6) is 11.6 Å². The highest BCUT2D eigenvalue weighted by Crippen LogP contribution is 2.26. The van der Waals surface area contributed by atoms with Crippen molar-refractivity contribution in [1.29, 1.82) is 0 Å². The summed E-state index contributed by atoms with van der Waals surface area (Å²) in [4.78, 5) is 27.4. The van der Waals surface area contributed by atoms with Gasteiger partial charge in [0.1, 0.15) is 11.3 Å². The maximum absolute atomic E-state index is 12.2. The first-order valence-corrected chi connectivity index (χ1v) is 6.49. The number of aryl methyl sites for hydroxylation is 1. The summed E-state index contributed by atoms with van der Waals surface area (Å²) in [7, 11) is 0. The molecule has 0 unspecified atom stereocenters. The van der Waals surface area contributed by atoms with E-state index in [1.807, 2.05) is 13.8 Å². The average Bonchev–Trinajstić information content (AvgIpc) is 2.42. The van der Waals surface area contributed by atoms with Gasteiger partial charge in [-0.15, -0.1) is 0 Å². The summed E-state index contributed by atoms with van der Waals surface area (Å²) in [5, 5.41) is 9.20. The van der Waals surface area contributed by atoms with Gasteiger partial charge < -0.3 is 14.4 Å². The van der Waals surface area contributed by atoms with Crippen LogP contribution in [0, 0.1) is 6.92 Å². The summed E-state index contributed by atoms with van der Waals surface area (Å²) in [6.07, 6.45) is 3.02. The lowest BCUT2D eigenvalue weighted by Crippen LogP contribution is -2.23. The van der Waals surface area contributed by atoms with Crippen molar-refractivity contribution in [2.24, 2.45) is 0 Å². The van der Waals surface area contributed by atoms with Gasteiger partial charge in [0.2, 0.25) is 0 Å². The van der Waals surface area contributed by atoms with Gasteiger partial charge in [-0.1, -0.05) is 12.1 Å². The van der Waals surface area contributed by atoms with Gasteiger partial charge in [-0.05, 0) is 32.4 Å². The Morgan fingerprint density at radius 3 is 2.71 bits per heavy atom. The van der Waals surface area contributed by atoms with Crippen molar-refractivity contribution in [3.8, 4) is 11.6 Å². The summed E-state index contributed by atoms with van der Waals surface area (Å²) >= 11 is 0. The summed E-state index contributed by atoms with van der Waals surface area (Å²) in [5.74, 6) is -1.12. The van der Waals surface area contributed by atoms with Crippen LogP contribution in [0.3, 0.4) is 0 Å². The van der Waals surface area contributed by atoms with Gasteiger partial charge in [0.05, 0.1) is 0 Å². The van der Waals surface area contributed by atoms with Crippen molar-refractivity contribution in [1.82, 2.24) is 9.55 Å². The maximum atomic E-state index is 12.2. The molecule has 110 valence electrons. The molecule has 0 saturated carbocycles. The monoisotopic (exact) mass is 288 g/mol. The van der Waals surface area contributed by atoms with Gasteiger partial charge in [0, 0.05) is 18.4 Å². The first-order valence-electron chi connectivity index (χ1n) is 6.49. The zero-order chi connectivity index (χ0) is 15.6. The second-order valence-electron chi connectivity index (χ2n) is 4.90. The lowest BCUT2D eigenvalue weighted by molar-refractivity contribution is 0.0694. The summed E-state index contributed by atoms with van der Waals surface area (Å²) in [6.45, 7) is 5.44.